The number of amides is 1. The van der Waals surface area contributed by atoms with Crippen LogP contribution in [-0.2, 0) is 4.79 Å². The molecule has 0 saturated carbocycles. The first kappa shape index (κ1) is 16.7. The van der Waals surface area contributed by atoms with E-state index in [0.29, 0.717) is 12.0 Å². The first-order valence-electron chi connectivity index (χ1n) is 6.34. The van der Waals surface area contributed by atoms with Crippen molar-refractivity contribution in [3.8, 4) is 0 Å². The fourth-order valence-corrected chi connectivity index (χ4v) is 2.12. The van der Waals surface area contributed by atoms with E-state index in [9.17, 15) is 4.79 Å². The van der Waals surface area contributed by atoms with Crippen molar-refractivity contribution in [1.82, 2.24) is 4.90 Å². The van der Waals surface area contributed by atoms with Gasteiger partial charge in [0.05, 0.1) is 5.41 Å². The van der Waals surface area contributed by atoms with Crippen LogP contribution >= 0.6 is 12.4 Å². The normalized spacial score (nSPS) is 19.7. The van der Waals surface area contributed by atoms with Gasteiger partial charge in [0.15, 0.2) is 0 Å². The van der Waals surface area contributed by atoms with Gasteiger partial charge in [0.25, 0.3) is 0 Å². The molecule has 1 fully saturated rings. The van der Waals surface area contributed by atoms with Crippen molar-refractivity contribution in [3.63, 3.8) is 0 Å². The smallest absolute Gasteiger partial charge is 0.229 e. The lowest BCUT2D eigenvalue weighted by molar-refractivity contribution is -0.142. The molecule has 1 amide bonds. The number of rotatable bonds is 3. The molecule has 1 heterocycles. The zero-order chi connectivity index (χ0) is 12.4. The number of nitrogens with two attached hydrogens (primary N) is 1. The van der Waals surface area contributed by atoms with Gasteiger partial charge in [-0.15, -0.1) is 12.4 Å². The molecule has 3 nitrogen and oxygen atoms in total. The zero-order valence-corrected chi connectivity index (χ0v) is 12.4. The fourth-order valence-electron chi connectivity index (χ4n) is 2.12. The Labute approximate surface area is 112 Å². The van der Waals surface area contributed by atoms with Crippen LogP contribution in [0.4, 0.5) is 0 Å². The summed E-state index contributed by atoms with van der Waals surface area (Å²) in [5, 5.41) is 0. The molecule has 0 spiro atoms. The van der Waals surface area contributed by atoms with E-state index in [4.69, 9.17) is 5.73 Å². The van der Waals surface area contributed by atoms with Crippen LogP contribution in [0.1, 0.15) is 47.0 Å². The van der Waals surface area contributed by atoms with Crippen molar-refractivity contribution in [1.29, 1.82) is 0 Å². The molecule has 1 aliphatic rings. The maximum atomic E-state index is 12.2. The summed E-state index contributed by atoms with van der Waals surface area (Å²) in [6, 6.07) is 0. The van der Waals surface area contributed by atoms with E-state index in [1.165, 1.54) is 6.42 Å². The molecule has 1 aliphatic heterocycles. The monoisotopic (exact) mass is 262 g/mol. The Hall–Kier alpha value is -0.280. The summed E-state index contributed by atoms with van der Waals surface area (Å²) in [6.07, 6.45) is 3.45. The number of halogens is 1. The highest BCUT2D eigenvalue weighted by molar-refractivity contribution is 5.85. The highest BCUT2D eigenvalue weighted by Crippen LogP contribution is 2.35. The fraction of sp³-hybridized carbons (Fsp3) is 0.923. The standard InChI is InChI=1S/C13H26N2O.ClH/c1-5-13(4)6-8-15(9-7-13)11(16)12(2,3)10-14;/h5-10,14H2,1-4H3;1H. The molecule has 17 heavy (non-hydrogen) atoms. The number of hydrogen-bond donors (Lipinski definition) is 1. The Balaban J connectivity index is 0.00000256. The van der Waals surface area contributed by atoms with Gasteiger partial charge in [0, 0.05) is 19.6 Å². The zero-order valence-electron chi connectivity index (χ0n) is 11.6. The van der Waals surface area contributed by atoms with Gasteiger partial charge >= 0.3 is 0 Å². The Morgan fingerprint density at radius 1 is 1.35 bits per heavy atom. The summed E-state index contributed by atoms with van der Waals surface area (Å²) >= 11 is 0. The Bertz CT molecular complexity index is 258. The SMILES string of the molecule is CCC1(C)CCN(C(=O)C(C)(C)CN)CC1.Cl. The Kier molecular flexibility index (Phi) is 5.95. The van der Waals surface area contributed by atoms with Crippen molar-refractivity contribution in [2.24, 2.45) is 16.6 Å². The second kappa shape index (κ2) is 6.05. The van der Waals surface area contributed by atoms with Crippen molar-refractivity contribution >= 4 is 18.3 Å². The number of piperidine rings is 1. The van der Waals surface area contributed by atoms with Gasteiger partial charge in [-0.25, -0.2) is 0 Å². The number of likely N-dealkylation sites (tertiary alicyclic amines) is 1. The molecule has 0 atom stereocenters. The summed E-state index contributed by atoms with van der Waals surface area (Å²) in [5.74, 6) is 0.216. The average molecular weight is 263 g/mol. The Morgan fingerprint density at radius 3 is 2.18 bits per heavy atom. The lowest BCUT2D eigenvalue weighted by Gasteiger charge is -2.41. The quantitative estimate of drug-likeness (QED) is 0.849. The molecule has 0 unspecified atom stereocenters. The number of hydrogen-bond acceptors (Lipinski definition) is 2. The minimum atomic E-state index is -0.403. The van der Waals surface area contributed by atoms with Crippen LogP contribution in [0.25, 0.3) is 0 Å². The maximum absolute atomic E-state index is 12.2. The molecule has 0 bridgehead atoms. The number of carbonyl (C=O) groups is 1. The highest BCUT2D eigenvalue weighted by atomic mass is 35.5. The molecular weight excluding hydrogens is 236 g/mol. The Morgan fingerprint density at radius 2 is 1.82 bits per heavy atom. The second-order valence-electron chi connectivity index (χ2n) is 6.04. The third kappa shape index (κ3) is 3.85. The van der Waals surface area contributed by atoms with Crippen molar-refractivity contribution < 1.29 is 4.79 Å². The molecule has 0 aromatic rings. The summed E-state index contributed by atoms with van der Waals surface area (Å²) in [5.41, 5.74) is 5.68. The molecule has 0 aliphatic carbocycles. The van der Waals surface area contributed by atoms with E-state index in [-0.39, 0.29) is 18.3 Å². The van der Waals surface area contributed by atoms with E-state index in [1.54, 1.807) is 0 Å². The number of nitrogens with zero attached hydrogens (tertiary/aromatic N) is 1. The van der Waals surface area contributed by atoms with Crippen molar-refractivity contribution in [2.75, 3.05) is 19.6 Å². The molecule has 1 rings (SSSR count). The molecule has 4 heteroatoms. The summed E-state index contributed by atoms with van der Waals surface area (Å²) in [4.78, 5) is 14.2. The lowest BCUT2D eigenvalue weighted by Crippen LogP contribution is -2.49. The van der Waals surface area contributed by atoms with Crippen LogP contribution in [0.5, 0.6) is 0 Å². The summed E-state index contributed by atoms with van der Waals surface area (Å²) < 4.78 is 0. The van der Waals surface area contributed by atoms with E-state index in [2.05, 4.69) is 13.8 Å². The number of carbonyl (C=O) groups excluding carboxylic acids is 1. The van der Waals surface area contributed by atoms with E-state index in [1.807, 2.05) is 18.7 Å². The van der Waals surface area contributed by atoms with E-state index < -0.39 is 5.41 Å². The van der Waals surface area contributed by atoms with Gasteiger partial charge in [0.2, 0.25) is 5.91 Å². The minimum Gasteiger partial charge on any atom is -0.342 e. The topological polar surface area (TPSA) is 46.3 Å². The van der Waals surface area contributed by atoms with Crippen LogP contribution in [0, 0.1) is 10.8 Å². The third-order valence-corrected chi connectivity index (χ3v) is 4.20. The van der Waals surface area contributed by atoms with Gasteiger partial charge in [-0.1, -0.05) is 20.3 Å². The van der Waals surface area contributed by atoms with Gasteiger partial charge in [-0.3, -0.25) is 4.79 Å². The van der Waals surface area contributed by atoms with E-state index in [0.717, 1.165) is 25.9 Å². The largest absolute Gasteiger partial charge is 0.342 e. The predicted octanol–water partition coefficient (Wildman–Crippen LogP) is 2.43. The van der Waals surface area contributed by atoms with Crippen LogP contribution in [0.2, 0.25) is 0 Å². The lowest BCUT2D eigenvalue weighted by atomic mass is 9.77. The molecule has 1 saturated heterocycles. The average Bonchev–Trinajstić information content (AvgIpc) is 2.29. The van der Waals surface area contributed by atoms with E-state index >= 15 is 0 Å². The first-order chi connectivity index (χ1) is 7.34. The van der Waals surface area contributed by atoms with Gasteiger partial charge in [-0.2, -0.15) is 0 Å². The molecule has 0 radical (unpaired) electrons. The van der Waals surface area contributed by atoms with Gasteiger partial charge in [0.1, 0.15) is 0 Å². The van der Waals surface area contributed by atoms with Gasteiger partial charge in [-0.05, 0) is 32.1 Å². The third-order valence-electron chi connectivity index (χ3n) is 4.20. The molecular formula is C13H27ClN2O. The van der Waals surface area contributed by atoms with Crippen molar-refractivity contribution in [3.05, 3.63) is 0 Å². The van der Waals surface area contributed by atoms with Crippen molar-refractivity contribution in [2.45, 2.75) is 47.0 Å². The molecule has 0 aromatic carbocycles. The minimum absolute atomic E-state index is 0. The molecule has 0 aromatic heterocycles. The predicted molar refractivity (Wildman–Crippen MR) is 74.3 cm³/mol. The van der Waals surface area contributed by atoms with Crippen LogP contribution < -0.4 is 5.73 Å². The van der Waals surface area contributed by atoms with Crippen LogP contribution in [-0.4, -0.2) is 30.4 Å². The van der Waals surface area contributed by atoms with Crippen LogP contribution in [0.3, 0.4) is 0 Å². The second-order valence-corrected chi connectivity index (χ2v) is 6.04. The molecule has 2 N–H and O–H groups in total. The summed E-state index contributed by atoms with van der Waals surface area (Å²) in [6.45, 7) is 10.6. The molecule has 102 valence electrons. The highest BCUT2D eigenvalue weighted by Gasteiger charge is 2.35. The summed E-state index contributed by atoms with van der Waals surface area (Å²) in [7, 11) is 0. The maximum Gasteiger partial charge on any atom is 0.229 e. The van der Waals surface area contributed by atoms with Crippen LogP contribution in [0.15, 0.2) is 0 Å². The van der Waals surface area contributed by atoms with Gasteiger partial charge < -0.3 is 10.6 Å². The first-order valence-corrected chi connectivity index (χ1v) is 6.34.